The Morgan fingerprint density at radius 2 is 1.61 bits per heavy atom. The Bertz CT molecular complexity index is 1080. The average molecular weight is 400 g/mol. The minimum atomic E-state index is -0.697. The van der Waals surface area contributed by atoms with Gasteiger partial charge in [-0.25, -0.2) is 4.79 Å². The highest BCUT2D eigenvalue weighted by atomic mass is 35.5. The van der Waals surface area contributed by atoms with Crippen molar-refractivity contribution in [3.8, 4) is 0 Å². The lowest BCUT2D eigenvalue weighted by Gasteiger charge is -2.35. The first kappa shape index (κ1) is 18.1. The molecule has 1 aliphatic rings. The number of amides is 2. The van der Waals surface area contributed by atoms with Gasteiger partial charge in [0.25, 0.3) is 0 Å². The van der Waals surface area contributed by atoms with Crippen molar-refractivity contribution in [1.82, 2.24) is 14.9 Å². The van der Waals surface area contributed by atoms with E-state index in [1.807, 2.05) is 24.3 Å². The highest BCUT2D eigenvalue weighted by Gasteiger charge is 2.26. The average Bonchev–Trinajstić information content (AvgIpc) is 3.07. The van der Waals surface area contributed by atoms with Crippen LogP contribution in [0.1, 0.15) is 0 Å². The summed E-state index contributed by atoms with van der Waals surface area (Å²) in [6.07, 6.45) is 0. The van der Waals surface area contributed by atoms with Crippen molar-refractivity contribution in [3.05, 3.63) is 58.0 Å². The number of imidazole rings is 1. The molecule has 1 aliphatic heterocycles. The third kappa shape index (κ3) is 3.72. The van der Waals surface area contributed by atoms with Gasteiger partial charge in [0.05, 0.1) is 11.0 Å². The van der Waals surface area contributed by atoms with E-state index in [0.717, 1.165) is 5.69 Å². The molecule has 4 rings (SSSR count). The fourth-order valence-corrected chi connectivity index (χ4v) is 3.38. The van der Waals surface area contributed by atoms with Gasteiger partial charge in [-0.3, -0.25) is 9.59 Å². The zero-order valence-corrected chi connectivity index (χ0v) is 15.6. The molecule has 0 saturated carbocycles. The van der Waals surface area contributed by atoms with E-state index in [-0.39, 0.29) is 5.69 Å². The van der Waals surface area contributed by atoms with Gasteiger partial charge in [0, 0.05) is 42.6 Å². The number of carbonyl (C=O) groups excluding carboxylic acids is 2. The summed E-state index contributed by atoms with van der Waals surface area (Å²) in [4.78, 5) is 45.0. The first-order valence-electron chi connectivity index (χ1n) is 8.82. The summed E-state index contributed by atoms with van der Waals surface area (Å²) in [6.45, 7) is 2.19. The molecule has 2 heterocycles. The highest BCUT2D eigenvalue weighted by Crippen LogP contribution is 2.20. The van der Waals surface area contributed by atoms with Crippen molar-refractivity contribution in [2.45, 2.75) is 0 Å². The molecule has 8 nitrogen and oxygen atoms in total. The fourth-order valence-electron chi connectivity index (χ4n) is 3.26. The Morgan fingerprint density at radius 1 is 0.929 bits per heavy atom. The van der Waals surface area contributed by atoms with E-state index in [1.54, 1.807) is 23.1 Å². The topological polar surface area (TPSA) is 101 Å². The summed E-state index contributed by atoms with van der Waals surface area (Å²) in [5, 5.41) is 3.27. The van der Waals surface area contributed by atoms with Crippen molar-refractivity contribution in [1.29, 1.82) is 0 Å². The van der Waals surface area contributed by atoms with E-state index in [2.05, 4.69) is 20.2 Å². The van der Waals surface area contributed by atoms with Crippen molar-refractivity contribution in [2.75, 3.05) is 36.4 Å². The SMILES string of the molecule is O=C(Nc1ccc2[nH]c(=O)[nH]c2c1)C(=O)N1CCN(c2ccc(Cl)cc2)CC1. The molecule has 0 atom stereocenters. The zero-order chi connectivity index (χ0) is 19.7. The van der Waals surface area contributed by atoms with Crippen LogP contribution in [0.5, 0.6) is 0 Å². The summed E-state index contributed by atoms with van der Waals surface area (Å²) in [5.74, 6) is -1.27. The number of rotatable bonds is 2. The Balaban J connectivity index is 1.36. The number of H-pyrrole nitrogens is 2. The van der Waals surface area contributed by atoms with Crippen LogP contribution in [0.3, 0.4) is 0 Å². The van der Waals surface area contributed by atoms with Crippen LogP contribution in [0.2, 0.25) is 5.02 Å². The number of nitrogens with one attached hydrogen (secondary N) is 3. The molecule has 2 aromatic carbocycles. The van der Waals surface area contributed by atoms with Gasteiger partial charge in [0.15, 0.2) is 0 Å². The number of anilines is 2. The molecule has 1 saturated heterocycles. The molecule has 0 aliphatic carbocycles. The standard InChI is InChI=1S/C19H18ClN5O3/c20-12-1-4-14(5-2-12)24-7-9-25(10-8-24)18(27)17(26)21-13-3-6-15-16(11-13)23-19(28)22-15/h1-6,11H,7-10H2,(H,21,26)(H2,22,23,28). The molecule has 1 fully saturated rings. The van der Waals surface area contributed by atoms with Crippen molar-refractivity contribution >= 4 is 45.8 Å². The lowest BCUT2D eigenvalue weighted by Crippen LogP contribution is -2.51. The van der Waals surface area contributed by atoms with Crippen molar-refractivity contribution in [2.24, 2.45) is 0 Å². The van der Waals surface area contributed by atoms with Gasteiger partial charge in [-0.2, -0.15) is 0 Å². The zero-order valence-electron chi connectivity index (χ0n) is 14.9. The second-order valence-electron chi connectivity index (χ2n) is 6.55. The molecular weight excluding hydrogens is 382 g/mol. The van der Waals surface area contributed by atoms with Crippen LogP contribution in [0.15, 0.2) is 47.3 Å². The molecule has 1 aromatic heterocycles. The van der Waals surface area contributed by atoms with Gasteiger partial charge in [-0.15, -0.1) is 0 Å². The van der Waals surface area contributed by atoms with Crippen molar-refractivity contribution in [3.63, 3.8) is 0 Å². The quantitative estimate of drug-likeness (QED) is 0.572. The van der Waals surface area contributed by atoms with Crippen LogP contribution >= 0.6 is 11.6 Å². The van der Waals surface area contributed by atoms with E-state index in [4.69, 9.17) is 11.6 Å². The van der Waals surface area contributed by atoms with Crippen LogP contribution in [0, 0.1) is 0 Å². The van der Waals surface area contributed by atoms with Crippen LogP contribution < -0.4 is 15.9 Å². The van der Waals surface area contributed by atoms with Gasteiger partial charge in [-0.1, -0.05) is 11.6 Å². The predicted octanol–water partition coefficient (Wildman–Crippen LogP) is 1.80. The maximum Gasteiger partial charge on any atom is 0.323 e. The van der Waals surface area contributed by atoms with Crippen LogP contribution in [0.25, 0.3) is 11.0 Å². The second kappa shape index (κ2) is 7.40. The maximum absolute atomic E-state index is 12.5. The van der Waals surface area contributed by atoms with Gasteiger partial charge in [0.2, 0.25) is 0 Å². The lowest BCUT2D eigenvalue weighted by atomic mass is 10.2. The van der Waals surface area contributed by atoms with Crippen LogP contribution in [0.4, 0.5) is 11.4 Å². The van der Waals surface area contributed by atoms with Crippen LogP contribution in [-0.2, 0) is 9.59 Å². The van der Waals surface area contributed by atoms with Gasteiger partial charge in [0.1, 0.15) is 0 Å². The van der Waals surface area contributed by atoms with Gasteiger partial charge in [-0.05, 0) is 42.5 Å². The first-order valence-corrected chi connectivity index (χ1v) is 9.20. The number of fused-ring (bicyclic) bond motifs is 1. The smallest absolute Gasteiger partial charge is 0.323 e. The summed E-state index contributed by atoms with van der Waals surface area (Å²) in [5.41, 5.74) is 2.35. The number of aromatic amines is 2. The Hall–Kier alpha value is -3.26. The molecule has 28 heavy (non-hydrogen) atoms. The normalized spacial score (nSPS) is 14.3. The largest absolute Gasteiger partial charge is 0.368 e. The number of hydrogen-bond acceptors (Lipinski definition) is 4. The molecule has 0 bridgehead atoms. The molecule has 3 aromatic rings. The molecular formula is C19H18ClN5O3. The van der Waals surface area contributed by atoms with Gasteiger partial charge >= 0.3 is 17.5 Å². The Morgan fingerprint density at radius 3 is 2.32 bits per heavy atom. The lowest BCUT2D eigenvalue weighted by molar-refractivity contribution is -0.143. The molecule has 3 N–H and O–H groups in total. The number of aromatic nitrogens is 2. The summed E-state index contributed by atoms with van der Waals surface area (Å²) in [6, 6.07) is 12.4. The van der Waals surface area contributed by atoms with E-state index < -0.39 is 11.8 Å². The predicted molar refractivity (Wildman–Crippen MR) is 108 cm³/mol. The highest BCUT2D eigenvalue weighted by molar-refractivity contribution is 6.39. The number of benzene rings is 2. The first-order chi connectivity index (χ1) is 13.5. The Kier molecular flexibility index (Phi) is 4.79. The van der Waals surface area contributed by atoms with Gasteiger partial charge < -0.3 is 25.1 Å². The monoisotopic (exact) mass is 399 g/mol. The third-order valence-electron chi connectivity index (χ3n) is 4.73. The number of piperazine rings is 1. The summed E-state index contributed by atoms with van der Waals surface area (Å²) < 4.78 is 0. The van der Waals surface area contributed by atoms with E-state index >= 15 is 0 Å². The van der Waals surface area contributed by atoms with E-state index in [0.29, 0.717) is 47.9 Å². The van der Waals surface area contributed by atoms with Crippen molar-refractivity contribution < 1.29 is 9.59 Å². The summed E-state index contributed by atoms with van der Waals surface area (Å²) >= 11 is 5.92. The number of halogens is 1. The molecule has 9 heteroatoms. The Labute approximate surface area is 165 Å². The molecule has 144 valence electrons. The van der Waals surface area contributed by atoms with E-state index in [9.17, 15) is 14.4 Å². The number of hydrogen-bond donors (Lipinski definition) is 3. The molecule has 2 amide bonds. The van der Waals surface area contributed by atoms with Crippen LogP contribution in [-0.4, -0.2) is 52.9 Å². The maximum atomic E-state index is 12.5. The molecule has 0 spiro atoms. The fraction of sp³-hybridized carbons (Fsp3) is 0.211. The number of carbonyl (C=O) groups is 2. The minimum Gasteiger partial charge on any atom is -0.368 e. The third-order valence-corrected chi connectivity index (χ3v) is 4.98. The minimum absolute atomic E-state index is 0.326. The molecule has 0 unspecified atom stereocenters. The number of nitrogens with zero attached hydrogens (tertiary/aromatic N) is 2. The summed E-state index contributed by atoms with van der Waals surface area (Å²) in [7, 11) is 0. The molecule has 0 radical (unpaired) electrons. The van der Waals surface area contributed by atoms with E-state index in [1.165, 1.54) is 0 Å². The second-order valence-corrected chi connectivity index (χ2v) is 6.99.